The zero-order valence-electron chi connectivity index (χ0n) is 17.7. The molecule has 2 aromatic carbocycles. The maximum absolute atomic E-state index is 12.8. The number of likely N-dealkylation sites (tertiary alicyclic amines) is 1. The van der Waals surface area contributed by atoms with Crippen molar-refractivity contribution >= 4 is 17.5 Å². The third kappa shape index (κ3) is 5.09. The number of anilines is 1. The van der Waals surface area contributed by atoms with E-state index in [9.17, 15) is 9.59 Å². The Kier molecular flexibility index (Phi) is 5.98. The molecule has 31 heavy (non-hydrogen) atoms. The Morgan fingerprint density at radius 1 is 1.16 bits per heavy atom. The SMILES string of the molecule is Cc1ccc(CN2CC(C(=O)Nc3ccc(Oc4cccnc4)c(C)c3)CC2=O)cc1. The first-order valence-electron chi connectivity index (χ1n) is 10.3. The quantitative estimate of drug-likeness (QED) is 0.644. The van der Waals surface area contributed by atoms with Crippen molar-refractivity contribution in [3.8, 4) is 11.5 Å². The summed E-state index contributed by atoms with van der Waals surface area (Å²) in [6.07, 6.45) is 3.57. The van der Waals surface area contributed by atoms with Crippen molar-refractivity contribution in [2.24, 2.45) is 5.92 Å². The van der Waals surface area contributed by atoms with Gasteiger partial charge in [0.05, 0.1) is 12.1 Å². The van der Waals surface area contributed by atoms with Gasteiger partial charge in [-0.05, 0) is 55.3 Å². The number of pyridine rings is 1. The molecule has 0 radical (unpaired) electrons. The number of ether oxygens (including phenoxy) is 1. The highest BCUT2D eigenvalue weighted by Gasteiger charge is 2.34. The molecule has 158 valence electrons. The Hall–Kier alpha value is -3.67. The number of hydrogen-bond donors (Lipinski definition) is 1. The fraction of sp³-hybridized carbons (Fsp3) is 0.240. The number of amides is 2. The first kappa shape index (κ1) is 20.6. The molecular weight excluding hydrogens is 390 g/mol. The van der Waals surface area contributed by atoms with Crippen LogP contribution in [0.25, 0.3) is 0 Å². The average molecular weight is 415 g/mol. The van der Waals surface area contributed by atoms with Crippen LogP contribution in [0.5, 0.6) is 11.5 Å². The molecule has 1 aromatic heterocycles. The highest BCUT2D eigenvalue weighted by Crippen LogP contribution is 2.28. The predicted octanol–water partition coefficient (Wildman–Crippen LogP) is 4.48. The molecule has 1 atom stereocenters. The van der Waals surface area contributed by atoms with E-state index in [0.717, 1.165) is 11.1 Å². The monoisotopic (exact) mass is 415 g/mol. The normalized spacial score (nSPS) is 15.7. The molecule has 1 aliphatic heterocycles. The fourth-order valence-electron chi connectivity index (χ4n) is 3.63. The van der Waals surface area contributed by atoms with Crippen molar-refractivity contribution in [2.75, 3.05) is 11.9 Å². The lowest BCUT2D eigenvalue weighted by atomic mass is 10.1. The maximum Gasteiger partial charge on any atom is 0.229 e. The van der Waals surface area contributed by atoms with Crippen molar-refractivity contribution in [2.45, 2.75) is 26.8 Å². The summed E-state index contributed by atoms with van der Waals surface area (Å²) in [5.74, 6) is 0.869. The highest BCUT2D eigenvalue weighted by molar-refractivity contribution is 5.97. The maximum atomic E-state index is 12.8. The molecule has 2 amide bonds. The lowest BCUT2D eigenvalue weighted by molar-refractivity contribution is -0.128. The van der Waals surface area contributed by atoms with Crippen LogP contribution in [0.2, 0.25) is 0 Å². The van der Waals surface area contributed by atoms with Gasteiger partial charge in [0.15, 0.2) is 0 Å². The van der Waals surface area contributed by atoms with Crippen molar-refractivity contribution in [3.63, 3.8) is 0 Å². The van der Waals surface area contributed by atoms with Crippen LogP contribution in [0.3, 0.4) is 0 Å². The number of rotatable bonds is 6. The van der Waals surface area contributed by atoms with Gasteiger partial charge < -0.3 is 15.0 Å². The van der Waals surface area contributed by atoms with Crippen LogP contribution in [-0.4, -0.2) is 28.2 Å². The molecule has 1 fully saturated rings. The molecule has 0 spiro atoms. The molecule has 0 saturated carbocycles. The van der Waals surface area contributed by atoms with E-state index in [1.165, 1.54) is 5.56 Å². The molecule has 1 N–H and O–H groups in total. The molecule has 1 unspecified atom stereocenters. The van der Waals surface area contributed by atoms with E-state index in [-0.39, 0.29) is 24.2 Å². The van der Waals surface area contributed by atoms with E-state index < -0.39 is 0 Å². The van der Waals surface area contributed by atoms with Gasteiger partial charge in [0.25, 0.3) is 0 Å². The van der Waals surface area contributed by atoms with Crippen molar-refractivity contribution in [1.82, 2.24) is 9.88 Å². The van der Waals surface area contributed by atoms with Gasteiger partial charge in [0.1, 0.15) is 11.5 Å². The van der Waals surface area contributed by atoms with Crippen molar-refractivity contribution < 1.29 is 14.3 Å². The Bertz CT molecular complexity index is 1080. The average Bonchev–Trinajstić information content (AvgIpc) is 3.13. The zero-order valence-corrected chi connectivity index (χ0v) is 17.7. The number of hydrogen-bond acceptors (Lipinski definition) is 4. The predicted molar refractivity (Wildman–Crippen MR) is 119 cm³/mol. The van der Waals surface area contributed by atoms with Crippen LogP contribution in [0.15, 0.2) is 67.0 Å². The molecule has 3 aromatic rings. The van der Waals surface area contributed by atoms with Gasteiger partial charge in [0.2, 0.25) is 11.8 Å². The minimum atomic E-state index is -0.357. The Labute approximate surface area is 181 Å². The van der Waals surface area contributed by atoms with Crippen LogP contribution in [0.1, 0.15) is 23.1 Å². The number of benzene rings is 2. The van der Waals surface area contributed by atoms with Crippen LogP contribution < -0.4 is 10.1 Å². The molecule has 2 heterocycles. The fourth-order valence-corrected chi connectivity index (χ4v) is 3.63. The summed E-state index contributed by atoms with van der Waals surface area (Å²) in [5, 5.41) is 2.94. The summed E-state index contributed by atoms with van der Waals surface area (Å²) in [7, 11) is 0. The van der Waals surface area contributed by atoms with Crippen molar-refractivity contribution in [3.05, 3.63) is 83.7 Å². The third-order valence-corrected chi connectivity index (χ3v) is 5.38. The lowest BCUT2D eigenvalue weighted by Crippen LogP contribution is -2.28. The molecule has 6 heteroatoms. The largest absolute Gasteiger partial charge is 0.455 e. The lowest BCUT2D eigenvalue weighted by Gasteiger charge is -2.17. The second-order valence-corrected chi connectivity index (χ2v) is 7.92. The number of carbonyl (C=O) groups is 2. The second-order valence-electron chi connectivity index (χ2n) is 7.92. The smallest absolute Gasteiger partial charge is 0.229 e. The highest BCUT2D eigenvalue weighted by atomic mass is 16.5. The number of carbonyl (C=O) groups excluding carboxylic acids is 2. The van der Waals surface area contributed by atoms with Gasteiger partial charge in [-0.25, -0.2) is 0 Å². The van der Waals surface area contributed by atoms with Gasteiger partial charge in [-0.3, -0.25) is 14.6 Å². The topological polar surface area (TPSA) is 71.5 Å². The first-order valence-corrected chi connectivity index (χ1v) is 10.3. The summed E-state index contributed by atoms with van der Waals surface area (Å²) in [4.78, 5) is 31.0. The Morgan fingerprint density at radius 2 is 1.97 bits per heavy atom. The molecular formula is C25H25N3O3. The van der Waals surface area contributed by atoms with Gasteiger partial charge in [0, 0.05) is 31.4 Å². The molecule has 0 bridgehead atoms. The number of aromatic nitrogens is 1. The Morgan fingerprint density at radius 3 is 2.68 bits per heavy atom. The summed E-state index contributed by atoms with van der Waals surface area (Å²) in [6, 6.07) is 17.2. The zero-order chi connectivity index (χ0) is 21.8. The molecule has 6 nitrogen and oxygen atoms in total. The summed E-state index contributed by atoms with van der Waals surface area (Å²) in [5.41, 5.74) is 3.83. The summed E-state index contributed by atoms with van der Waals surface area (Å²) < 4.78 is 5.83. The summed E-state index contributed by atoms with van der Waals surface area (Å²) >= 11 is 0. The molecule has 1 saturated heterocycles. The number of nitrogens with zero attached hydrogens (tertiary/aromatic N) is 2. The van der Waals surface area contributed by atoms with E-state index in [1.807, 2.05) is 62.4 Å². The molecule has 4 rings (SSSR count). The molecule has 0 aliphatic carbocycles. The van der Waals surface area contributed by atoms with Crippen LogP contribution in [0, 0.1) is 19.8 Å². The van der Waals surface area contributed by atoms with E-state index in [1.54, 1.807) is 23.4 Å². The number of aryl methyl sites for hydroxylation is 2. The van der Waals surface area contributed by atoms with Gasteiger partial charge in [-0.1, -0.05) is 29.8 Å². The minimum Gasteiger partial charge on any atom is -0.455 e. The van der Waals surface area contributed by atoms with Crippen LogP contribution in [-0.2, 0) is 16.1 Å². The minimum absolute atomic E-state index is 0.0112. The Balaban J connectivity index is 1.36. The standard InChI is InChI=1S/C25H25N3O3/c1-17-5-7-19(8-6-17)15-28-16-20(13-24(28)29)25(30)27-21-9-10-23(18(2)12-21)31-22-4-3-11-26-14-22/h3-12,14,20H,13,15-16H2,1-2H3,(H,27,30). The third-order valence-electron chi connectivity index (χ3n) is 5.38. The first-order chi connectivity index (χ1) is 15.0. The summed E-state index contributed by atoms with van der Waals surface area (Å²) in [6.45, 7) is 4.91. The van der Waals surface area contributed by atoms with Gasteiger partial charge in [-0.15, -0.1) is 0 Å². The van der Waals surface area contributed by atoms with Gasteiger partial charge >= 0.3 is 0 Å². The van der Waals surface area contributed by atoms with E-state index in [0.29, 0.717) is 30.3 Å². The van der Waals surface area contributed by atoms with Crippen LogP contribution >= 0.6 is 0 Å². The van der Waals surface area contributed by atoms with Crippen LogP contribution in [0.4, 0.5) is 5.69 Å². The van der Waals surface area contributed by atoms with E-state index in [4.69, 9.17) is 4.74 Å². The van der Waals surface area contributed by atoms with E-state index in [2.05, 4.69) is 10.3 Å². The van der Waals surface area contributed by atoms with Gasteiger partial charge in [-0.2, -0.15) is 0 Å². The second kappa shape index (κ2) is 9.00. The molecule has 1 aliphatic rings. The van der Waals surface area contributed by atoms with Crippen molar-refractivity contribution in [1.29, 1.82) is 0 Å². The van der Waals surface area contributed by atoms with E-state index >= 15 is 0 Å². The number of nitrogens with one attached hydrogen (secondary N) is 1.